The fraction of sp³-hybridized carbons (Fsp3) is 0.909. The predicted octanol–water partition coefficient (Wildman–Crippen LogP) is 1.67. The number of alkyl carbamates (subject to hydrolysis) is 1. The molecule has 0 saturated heterocycles. The van der Waals surface area contributed by atoms with E-state index in [1.165, 1.54) is 39.2 Å². The van der Waals surface area contributed by atoms with Crippen molar-refractivity contribution in [1.82, 2.24) is 5.32 Å². The second-order valence-electron chi connectivity index (χ2n) is 4.20. The van der Waals surface area contributed by atoms with Gasteiger partial charge >= 0.3 is 6.09 Å². The number of nitrogens with one attached hydrogen (secondary N) is 1. The topological polar surface area (TPSA) is 58.6 Å². The number of rotatable bonds is 4. The summed E-state index contributed by atoms with van der Waals surface area (Å²) < 4.78 is 5.05. The molecule has 1 aliphatic rings. The minimum absolute atomic E-state index is 0.0794. The lowest BCUT2D eigenvalue weighted by molar-refractivity contribution is 0.0403. The Kier molecular flexibility index (Phi) is 5.47. The quantitative estimate of drug-likeness (QED) is 0.750. The van der Waals surface area contributed by atoms with Gasteiger partial charge in [0.2, 0.25) is 0 Å². The summed E-state index contributed by atoms with van der Waals surface area (Å²) >= 11 is 0. The van der Waals surface area contributed by atoms with Gasteiger partial charge in [0, 0.05) is 7.05 Å². The van der Waals surface area contributed by atoms with Gasteiger partial charge in [0.15, 0.2) is 0 Å². The van der Waals surface area contributed by atoms with Crippen molar-refractivity contribution in [3.05, 3.63) is 0 Å². The highest BCUT2D eigenvalue weighted by atomic mass is 16.6. The standard InChI is InChI=1S/C11H21NO3/c1-12-11(14)15-10(8-13)7-9-5-3-2-4-6-9/h9-10,13H,2-8H2,1H3,(H,12,14). The normalized spacial score (nSPS) is 19.6. The highest BCUT2D eigenvalue weighted by Crippen LogP contribution is 2.27. The van der Waals surface area contributed by atoms with Crippen molar-refractivity contribution in [3.8, 4) is 0 Å². The summed E-state index contributed by atoms with van der Waals surface area (Å²) in [5, 5.41) is 11.5. The molecular formula is C11H21NO3. The number of ether oxygens (including phenoxy) is 1. The van der Waals surface area contributed by atoms with Crippen LogP contribution in [0.3, 0.4) is 0 Å². The molecule has 0 spiro atoms. The van der Waals surface area contributed by atoms with Gasteiger partial charge in [-0.1, -0.05) is 32.1 Å². The molecule has 0 aromatic carbocycles. The molecule has 1 unspecified atom stereocenters. The van der Waals surface area contributed by atoms with Gasteiger partial charge in [-0.25, -0.2) is 4.79 Å². The summed E-state index contributed by atoms with van der Waals surface area (Å²) in [6.45, 7) is -0.0794. The SMILES string of the molecule is CNC(=O)OC(CO)CC1CCCCC1. The van der Waals surface area contributed by atoms with Crippen molar-refractivity contribution in [2.24, 2.45) is 5.92 Å². The van der Waals surface area contributed by atoms with Crippen LogP contribution in [-0.2, 0) is 4.74 Å². The average Bonchev–Trinajstić information content (AvgIpc) is 2.29. The van der Waals surface area contributed by atoms with Gasteiger partial charge < -0.3 is 15.2 Å². The number of carbonyl (C=O) groups is 1. The van der Waals surface area contributed by atoms with Crippen LogP contribution in [0.25, 0.3) is 0 Å². The summed E-state index contributed by atoms with van der Waals surface area (Å²) in [7, 11) is 1.53. The minimum Gasteiger partial charge on any atom is -0.444 e. The fourth-order valence-electron chi connectivity index (χ4n) is 2.16. The van der Waals surface area contributed by atoms with Crippen LogP contribution in [0.2, 0.25) is 0 Å². The molecule has 4 nitrogen and oxygen atoms in total. The summed E-state index contributed by atoms with van der Waals surface area (Å²) in [4.78, 5) is 11.0. The van der Waals surface area contributed by atoms with Crippen molar-refractivity contribution in [2.45, 2.75) is 44.6 Å². The summed E-state index contributed by atoms with van der Waals surface area (Å²) in [5.41, 5.74) is 0. The van der Waals surface area contributed by atoms with E-state index in [9.17, 15) is 4.79 Å². The van der Waals surface area contributed by atoms with Crippen molar-refractivity contribution in [3.63, 3.8) is 0 Å². The van der Waals surface area contributed by atoms with Crippen LogP contribution < -0.4 is 5.32 Å². The first kappa shape index (κ1) is 12.3. The second kappa shape index (κ2) is 6.67. The van der Waals surface area contributed by atoms with E-state index in [1.54, 1.807) is 0 Å². The lowest BCUT2D eigenvalue weighted by atomic mass is 9.85. The molecule has 1 rings (SSSR count). The zero-order chi connectivity index (χ0) is 11.1. The number of aliphatic hydroxyl groups excluding tert-OH is 1. The maximum absolute atomic E-state index is 11.0. The lowest BCUT2D eigenvalue weighted by Gasteiger charge is -2.25. The number of hydrogen-bond donors (Lipinski definition) is 2. The number of hydrogen-bond acceptors (Lipinski definition) is 3. The molecule has 0 heterocycles. The van der Waals surface area contributed by atoms with Crippen molar-refractivity contribution in [2.75, 3.05) is 13.7 Å². The molecule has 0 bridgehead atoms. The van der Waals surface area contributed by atoms with E-state index >= 15 is 0 Å². The zero-order valence-corrected chi connectivity index (χ0v) is 9.37. The molecule has 0 radical (unpaired) electrons. The van der Waals surface area contributed by atoms with Crippen LogP contribution in [-0.4, -0.2) is 31.0 Å². The molecule has 0 aromatic heterocycles. The molecule has 0 aromatic rings. The summed E-state index contributed by atoms with van der Waals surface area (Å²) in [6.07, 6.45) is 6.26. The first-order valence-electron chi connectivity index (χ1n) is 5.75. The first-order valence-corrected chi connectivity index (χ1v) is 5.75. The Morgan fingerprint density at radius 3 is 2.67 bits per heavy atom. The van der Waals surface area contributed by atoms with Gasteiger partial charge in [-0.3, -0.25) is 0 Å². The number of amides is 1. The van der Waals surface area contributed by atoms with Crippen molar-refractivity contribution < 1.29 is 14.6 Å². The molecule has 4 heteroatoms. The molecular weight excluding hydrogens is 194 g/mol. The molecule has 1 fully saturated rings. The molecule has 15 heavy (non-hydrogen) atoms. The maximum Gasteiger partial charge on any atom is 0.407 e. The van der Waals surface area contributed by atoms with Crippen molar-refractivity contribution in [1.29, 1.82) is 0 Å². The fourth-order valence-corrected chi connectivity index (χ4v) is 2.16. The highest BCUT2D eigenvalue weighted by Gasteiger charge is 2.20. The Balaban J connectivity index is 2.28. The van der Waals surface area contributed by atoms with E-state index in [2.05, 4.69) is 5.32 Å². The van der Waals surface area contributed by atoms with Gasteiger partial charge in [-0.2, -0.15) is 0 Å². The molecule has 1 saturated carbocycles. The number of carbonyl (C=O) groups excluding carboxylic acids is 1. The molecule has 1 atom stereocenters. The maximum atomic E-state index is 11.0. The van der Waals surface area contributed by atoms with Gasteiger partial charge in [-0.15, -0.1) is 0 Å². The Morgan fingerprint density at radius 1 is 1.47 bits per heavy atom. The molecule has 88 valence electrons. The predicted molar refractivity (Wildman–Crippen MR) is 57.6 cm³/mol. The number of aliphatic hydroxyl groups is 1. The van der Waals surface area contributed by atoms with E-state index in [-0.39, 0.29) is 12.7 Å². The monoisotopic (exact) mass is 215 g/mol. The van der Waals surface area contributed by atoms with E-state index in [0.717, 1.165) is 6.42 Å². The smallest absolute Gasteiger partial charge is 0.407 e. The summed E-state index contributed by atoms with van der Waals surface area (Å²) in [5.74, 6) is 0.612. The second-order valence-corrected chi connectivity index (χ2v) is 4.20. The molecule has 2 N–H and O–H groups in total. The summed E-state index contributed by atoms with van der Waals surface area (Å²) in [6, 6.07) is 0. The third kappa shape index (κ3) is 4.51. The third-order valence-electron chi connectivity index (χ3n) is 3.00. The van der Waals surface area contributed by atoms with Crippen LogP contribution in [0.4, 0.5) is 4.79 Å². The Hall–Kier alpha value is -0.770. The van der Waals surface area contributed by atoms with E-state index in [4.69, 9.17) is 9.84 Å². The van der Waals surface area contributed by atoms with E-state index in [0.29, 0.717) is 5.92 Å². The minimum atomic E-state index is -0.454. The highest BCUT2D eigenvalue weighted by molar-refractivity contribution is 5.66. The third-order valence-corrected chi connectivity index (χ3v) is 3.00. The van der Waals surface area contributed by atoms with Crippen molar-refractivity contribution >= 4 is 6.09 Å². The average molecular weight is 215 g/mol. The van der Waals surface area contributed by atoms with E-state index in [1.807, 2.05) is 0 Å². The van der Waals surface area contributed by atoms with Crippen LogP contribution in [0.5, 0.6) is 0 Å². The molecule has 1 amide bonds. The van der Waals surface area contributed by atoms with Gasteiger partial charge in [0.1, 0.15) is 6.10 Å². The van der Waals surface area contributed by atoms with Gasteiger partial charge in [-0.05, 0) is 12.3 Å². The van der Waals surface area contributed by atoms with Gasteiger partial charge in [0.05, 0.1) is 6.61 Å². The largest absolute Gasteiger partial charge is 0.444 e. The van der Waals surface area contributed by atoms with Crippen LogP contribution in [0.15, 0.2) is 0 Å². The zero-order valence-electron chi connectivity index (χ0n) is 9.37. The van der Waals surface area contributed by atoms with Crippen LogP contribution in [0, 0.1) is 5.92 Å². The van der Waals surface area contributed by atoms with Crippen LogP contribution >= 0.6 is 0 Å². The van der Waals surface area contributed by atoms with Crippen LogP contribution in [0.1, 0.15) is 38.5 Å². The van der Waals surface area contributed by atoms with Gasteiger partial charge in [0.25, 0.3) is 0 Å². The lowest BCUT2D eigenvalue weighted by Crippen LogP contribution is -2.30. The Bertz CT molecular complexity index is 190. The Labute approximate surface area is 91.0 Å². The Morgan fingerprint density at radius 2 is 2.13 bits per heavy atom. The first-order chi connectivity index (χ1) is 7.26. The van der Waals surface area contributed by atoms with E-state index < -0.39 is 6.09 Å². The molecule has 0 aliphatic heterocycles. The molecule has 1 aliphatic carbocycles.